The summed E-state index contributed by atoms with van der Waals surface area (Å²) in [4.78, 5) is 0. The Morgan fingerprint density at radius 3 is 2.50 bits per heavy atom. The van der Waals surface area contributed by atoms with Gasteiger partial charge in [-0.15, -0.1) is 0 Å². The van der Waals surface area contributed by atoms with Gasteiger partial charge >= 0.3 is 0 Å². The van der Waals surface area contributed by atoms with Gasteiger partial charge in [-0.3, -0.25) is 0 Å². The van der Waals surface area contributed by atoms with Crippen LogP contribution in [0.4, 0.5) is 0 Å². The number of aliphatic hydroxyl groups is 1. The molecule has 0 saturated heterocycles. The van der Waals surface area contributed by atoms with Crippen molar-refractivity contribution in [3.05, 3.63) is 0 Å². The quantitative estimate of drug-likeness (QED) is 0.762. The summed E-state index contributed by atoms with van der Waals surface area (Å²) in [5.74, 6) is 2.41. The van der Waals surface area contributed by atoms with Gasteiger partial charge in [-0.05, 0) is 37.0 Å². The molecule has 2 N–H and O–H groups in total. The van der Waals surface area contributed by atoms with Crippen molar-refractivity contribution in [1.29, 1.82) is 0 Å². The average Bonchev–Trinajstić information content (AvgIpc) is 2.35. The van der Waals surface area contributed by atoms with Crippen LogP contribution in [0.1, 0.15) is 60.3 Å². The molecule has 18 heavy (non-hydrogen) atoms. The summed E-state index contributed by atoms with van der Waals surface area (Å²) in [5.41, 5.74) is 0.0439. The Morgan fingerprint density at radius 1 is 1.33 bits per heavy atom. The topological polar surface area (TPSA) is 32.3 Å². The lowest BCUT2D eigenvalue weighted by Gasteiger charge is -2.40. The number of rotatable bonds is 6. The van der Waals surface area contributed by atoms with Gasteiger partial charge in [-0.25, -0.2) is 0 Å². The fourth-order valence-corrected chi connectivity index (χ4v) is 3.11. The second-order valence-corrected chi connectivity index (χ2v) is 7.14. The summed E-state index contributed by atoms with van der Waals surface area (Å²) in [5, 5.41) is 13.3. The van der Waals surface area contributed by atoms with Crippen LogP contribution in [0, 0.1) is 23.2 Å². The van der Waals surface area contributed by atoms with Gasteiger partial charge in [0.1, 0.15) is 0 Å². The third-order valence-corrected chi connectivity index (χ3v) is 5.05. The van der Waals surface area contributed by atoms with Crippen LogP contribution < -0.4 is 5.32 Å². The van der Waals surface area contributed by atoms with Gasteiger partial charge in [0.15, 0.2) is 0 Å². The molecule has 1 aliphatic rings. The van der Waals surface area contributed by atoms with Gasteiger partial charge in [0.05, 0.1) is 0 Å². The van der Waals surface area contributed by atoms with Crippen molar-refractivity contribution in [1.82, 2.24) is 5.32 Å². The fourth-order valence-electron chi connectivity index (χ4n) is 3.11. The monoisotopic (exact) mass is 255 g/mol. The fraction of sp³-hybridized carbons (Fsp3) is 1.00. The number of hydrogen-bond acceptors (Lipinski definition) is 2. The first-order valence-corrected chi connectivity index (χ1v) is 7.76. The Kier molecular flexibility index (Phi) is 6.13. The minimum atomic E-state index is 0.0439. The first-order chi connectivity index (χ1) is 8.41. The van der Waals surface area contributed by atoms with E-state index in [0.29, 0.717) is 6.04 Å². The number of nitrogens with one attached hydrogen (secondary N) is 1. The van der Waals surface area contributed by atoms with E-state index in [1.54, 1.807) is 0 Å². The van der Waals surface area contributed by atoms with Gasteiger partial charge < -0.3 is 10.4 Å². The third-order valence-electron chi connectivity index (χ3n) is 5.05. The molecule has 0 spiro atoms. The van der Waals surface area contributed by atoms with E-state index >= 15 is 0 Å². The summed E-state index contributed by atoms with van der Waals surface area (Å²) in [6, 6.07) is 0.645. The van der Waals surface area contributed by atoms with Crippen molar-refractivity contribution < 1.29 is 5.11 Å². The molecule has 1 saturated carbocycles. The molecular formula is C16H33NO. The van der Waals surface area contributed by atoms with Crippen molar-refractivity contribution in [3.8, 4) is 0 Å². The van der Waals surface area contributed by atoms with E-state index in [2.05, 4.69) is 39.9 Å². The lowest BCUT2D eigenvalue weighted by molar-refractivity contribution is 0.109. The van der Waals surface area contributed by atoms with Crippen LogP contribution in [0.15, 0.2) is 0 Å². The Labute approximate surface area is 114 Å². The smallest absolute Gasteiger partial charge is 0.0496 e. The molecule has 0 aromatic heterocycles. The zero-order valence-electron chi connectivity index (χ0n) is 13.0. The minimum Gasteiger partial charge on any atom is -0.396 e. The first kappa shape index (κ1) is 16.0. The summed E-state index contributed by atoms with van der Waals surface area (Å²) in [6.07, 6.45) is 5.07. The minimum absolute atomic E-state index is 0.0439. The van der Waals surface area contributed by atoms with Crippen LogP contribution in [0.3, 0.4) is 0 Å². The SMILES string of the molecule is CCC(C)(CO)CNC1CC(C)CCC1C(C)C. The Morgan fingerprint density at radius 2 is 2.00 bits per heavy atom. The van der Waals surface area contributed by atoms with Crippen LogP contribution in [0.5, 0.6) is 0 Å². The highest BCUT2D eigenvalue weighted by atomic mass is 16.3. The normalized spacial score (nSPS) is 32.5. The van der Waals surface area contributed by atoms with Crippen LogP contribution in [0.2, 0.25) is 0 Å². The van der Waals surface area contributed by atoms with Crippen molar-refractivity contribution in [2.24, 2.45) is 23.2 Å². The summed E-state index contributed by atoms with van der Waals surface area (Å²) >= 11 is 0. The molecule has 0 heterocycles. The van der Waals surface area contributed by atoms with E-state index in [-0.39, 0.29) is 12.0 Å². The molecule has 1 aliphatic carbocycles. The van der Waals surface area contributed by atoms with Gasteiger partial charge in [0.25, 0.3) is 0 Å². The molecular weight excluding hydrogens is 222 g/mol. The maximum Gasteiger partial charge on any atom is 0.0496 e. The molecule has 0 amide bonds. The highest BCUT2D eigenvalue weighted by Gasteiger charge is 2.32. The van der Waals surface area contributed by atoms with Crippen LogP contribution in [-0.4, -0.2) is 24.3 Å². The molecule has 4 atom stereocenters. The second-order valence-electron chi connectivity index (χ2n) is 7.14. The maximum absolute atomic E-state index is 9.50. The molecule has 1 rings (SSSR count). The molecule has 4 unspecified atom stereocenters. The van der Waals surface area contributed by atoms with Crippen LogP contribution in [0.25, 0.3) is 0 Å². The average molecular weight is 255 g/mol. The van der Waals surface area contributed by atoms with E-state index < -0.39 is 0 Å². The molecule has 108 valence electrons. The predicted octanol–water partition coefficient (Wildman–Crippen LogP) is 3.45. The zero-order valence-corrected chi connectivity index (χ0v) is 13.0. The van der Waals surface area contributed by atoms with Gasteiger partial charge in [-0.2, -0.15) is 0 Å². The summed E-state index contributed by atoms with van der Waals surface area (Å²) < 4.78 is 0. The van der Waals surface area contributed by atoms with E-state index in [1.807, 2.05) is 0 Å². The molecule has 2 heteroatoms. The van der Waals surface area contributed by atoms with Crippen molar-refractivity contribution in [3.63, 3.8) is 0 Å². The highest BCUT2D eigenvalue weighted by molar-refractivity contribution is 4.87. The molecule has 0 aromatic carbocycles. The summed E-state index contributed by atoms with van der Waals surface area (Å²) in [6.45, 7) is 12.6. The lowest BCUT2D eigenvalue weighted by Crippen LogP contribution is -2.47. The van der Waals surface area contributed by atoms with Crippen molar-refractivity contribution in [2.45, 2.75) is 66.3 Å². The maximum atomic E-state index is 9.50. The Balaban J connectivity index is 2.55. The van der Waals surface area contributed by atoms with Gasteiger partial charge in [0, 0.05) is 24.6 Å². The number of aliphatic hydroxyl groups excluding tert-OH is 1. The molecule has 0 radical (unpaired) electrons. The molecule has 0 aliphatic heterocycles. The number of hydrogen-bond donors (Lipinski definition) is 2. The molecule has 0 bridgehead atoms. The van der Waals surface area contributed by atoms with Gasteiger partial charge in [-0.1, -0.05) is 41.0 Å². The molecule has 1 fully saturated rings. The Bertz CT molecular complexity index is 235. The highest BCUT2D eigenvalue weighted by Crippen LogP contribution is 2.34. The van der Waals surface area contributed by atoms with E-state index in [9.17, 15) is 5.11 Å². The zero-order chi connectivity index (χ0) is 13.8. The standard InChI is InChI=1S/C16H33NO/c1-6-16(5,11-18)10-17-15-9-13(4)7-8-14(15)12(2)3/h12-15,17-18H,6-11H2,1-5H3. The molecule has 2 nitrogen and oxygen atoms in total. The van der Waals surface area contributed by atoms with Crippen molar-refractivity contribution >= 4 is 0 Å². The lowest BCUT2D eigenvalue weighted by atomic mass is 9.73. The first-order valence-electron chi connectivity index (χ1n) is 7.76. The van der Waals surface area contributed by atoms with Crippen LogP contribution in [-0.2, 0) is 0 Å². The van der Waals surface area contributed by atoms with E-state index in [1.165, 1.54) is 19.3 Å². The molecule has 0 aromatic rings. The largest absolute Gasteiger partial charge is 0.396 e. The summed E-state index contributed by atoms with van der Waals surface area (Å²) in [7, 11) is 0. The van der Waals surface area contributed by atoms with E-state index in [4.69, 9.17) is 0 Å². The second kappa shape index (κ2) is 6.91. The Hall–Kier alpha value is -0.0800. The van der Waals surface area contributed by atoms with Crippen LogP contribution >= 0.6 is 0 Å². The van der Waals surface area contributed by atoms with E-state index in [0.717, 1.165) is 30.7 Å². The van der Waals surface area contributed by atoms with Crippen molar-refractivity contribution in [2.75, 3.05) is 13.2 Å². The third kappa shape index (κ3) is 4.24. The predicted molar refractivity (Wildman–Crippen MR) is 78.6 cm³/mol. The van der Waals surface area contributed by atoms with Gasteiger partial charge in [0.2, 0.25) is 0 Å².